The van der Waals surface area contributed by atoms with Gasteiger partial charge in [0.05, 0.1) is 31.7 Å². The standard InChI is InChI=1S/C20H22FN3O3/c1-14(22-23-20(25)15-3-6-17(26-2)7-4-15)16-5-8-19(18(21)13-16)24-9-11-27-12-10-24/h3-8,13H,9-12H2,1-2H3,(H,23,25)/b22-14-. The van der Waals surface area contributed by atoms with Gasteiger partial charge >= 0.3 is 0 Å². The zero-order valence-corrected chi connectivity index (χ0v) is 15.4. The summed E-state index contributed by atoms with van der Waals surface area (Å²) in [7, 11) is 1.56. The highest BCUT2D eigenvalue weighted by Gasteiger charge is 2.16. The summed E-state index contributed by atoms with van der Waals surface area (Å²) in [5, 5.41) is 4.08. The van der Waals surface area contributed by atoms with E-state index in [1.165, 1.54) is 6.07 Å². The maximum Gasteiger partial charge on any atom is 0.271 e. The molecule has 0 bridgehead atoms. The Labute approximate surface area is 157 Å². The second kappa shape index (κ2) is 8.64. The molecule has 0 spiro atoms. The zero-order valence-electron chi connectivity index (χ0n) is 15.4. The first kappa shape index (κ1) is 18.8. The molecule has 1 amide bonds. The normalized spacial score (nSPS) is 14.8. The fraction of sp³-hybridized carbons (Fsp3) is 0.300. The molecule has 1 aliphatic heterocycles. The Morgan fingerprint density at radius 1 is 1.15 bits per heavy atom. The number of rotatable bonds is 5. The first-order chi connectivity index (χ1) is 13.1. The van der Waals surface area contributed by atoms with Crippen molar-refractivity contribution in [2.45, 2.75) is 6.92 Å². The van der Waals surface area contributed by atoms with Crippen LogP contribution >= 0.6 is 0 Å². The van der Waals surface area contributed by atoms with E-state index in [2.05, 4.69) is 10.5 Å². The number of halogens is 1. The van der Waals surface area contributed by atoms with Crippen molar-refractivity contribution < 1.29 is 18.7 Å². The first-order valence-corrected chi connectivity index (χ1v) is 8.70. The molecule has 1 aliphatic rings. The second-order valence-electron chi connectivity index (χ2n) is 6.13. The van der Waals surface area contributed by atoms with Gasteiger partial charge in [-0.05, 0) is 43.3 Å². The molecule has 142 valence electrons. The minimum atomic E-state index is -0.345. The fourth-order valence-electron chi connectivity index (χ4n) is 2.80. The maximum absolute atomic E-state index is 14.5. The molecular formula is C20H22FN3O3. The van der Waals surface area contributed by atoms with E-state index in [0.29, 0.717) is 54.6 Å². The number of morpholine rings is 1. The van der Waals surface area contributed by atoms with Crippen molar-refractivity contribution in [3.63, 3.8) is 0 Å². The van der Waals surface area contributed by atoms with Gasteiger partial charge in [0.15, 0.2) is 0 Å². The number of methoxy groups -OCH3 is 1. The largest absolute Gasteiger partial charge is 0.497 e. The SMILES string of the molecule is COc1ccc(C(=O)N/N=C(/C)c2ccc(N3CCOCC3)c(F)c2)cc1. The number of hydrazone groups is 1. The third kappa shape index (κ3) is 4.62. The highest BCUT2D eigenvalue weighted by atomic mass is 19.1. The minimum absolute atomic E-state index is 0.314. The summed E-state index contributed by atoms with van der Waals surface area (Å²) in [6.07, 6.45) is 0. The van der Waals surface area contributed by atoms with Crippen molar-refractivity contribution in [3.05, 3.63) is 59.4 Å². The first-order valence-electron chi connectivity index (χ1n) is 8.70. The third-order valence-electron chi connectivity index (χ3n) is 4.39. The van der Waals surface area contributed by atoms with Crippen molar-refractivity contribution in [1.29, 1.82) is 0 Å². The third-order valence-corrected chi connectivity index (χ3v) is 4.39. The van der Waals surface area contributed by atoms with Crippen LogP contribution in [-0.2, 0) is 4.74 Å². The molecule has 0 radical (unpaired) electrons. The lowest BCUT2D eigenvalue weighted by molar-refractivity contribution is 0.0955. The number of nitrogens with zero attached hydrogens (tertiary/aromatic N) is 2. The van der Waals surface area contributed by atoms with Crippen LogP contribution in [0.5, 0.6) is 5.75 Å². The minimum Gasteiger partial charge on any atom is -0.497 e. The van der Waals surface area contributed by atoms with Gasteiger partial charge in [-0.15, -0.1) is 0 Å². The Bertz CT molecular complexity index is 831. The highest BCUT2D eigenvalue weighted by Crippen LogP contribution is 2.22. The van der Waals surface area contributed by atoms with Crippen molar-refractivity contribution in [3.8, 4) is 5.75 Å². The molecule has 1 saturated heterocycles. The Morgan fingerprint density at radius 2 is 1.81 bits per heavy atom. The summed E-state index contributed by atoms with van der Waals surface area (Å²) < 4.78 is 24.9. The molecule has 0 saturated carbocycles. The predicted octanol–water partition coefficient (Wildman–Crippen LogP) is 2.82. The number of hydrogen-bond acceptors (Lipinski definition) is 5. The molecule has 1 N–H and O–H groups in total. The van der Waals surface area contributed by atoms with E-state index >= 15 is 0 Å². The lowest BCUT2D eigenvalue weighted by atomic mass is 10.1. The maximum atomic E-state index is 14.5. The number of carbonyl (C=O) groups is 1. The average molecular weight is 371 g/mol. The van der Waals surface area contributed by atoms with Crippen LogP contribution in [0.3, 0.4) is 0 Å². The summed E-state index contributed by atoms with van der Waals surface area (Å²) in [5.74, 6) is 0.00917. The Hall–Kier alpha value is -2.93. The summed E-state index contributed by atoms with van der Waals surface area (Å²) in [5.41, 5.74) is 4.63. The van der Waals surface area contributed by atoms with Crippen LogP contribution in [0.2, 0.25) is 0 Å². The van der Waals surface area contributed by atoms with Gasteiger partial charge in [0.2, 0.25) is 0 Å². The number of nitrogens with one attached hydrogen (secondary N) is 1. The van der Waals surface area contributed by atoms with Gasteiger partial charge < -0.3 is 14.4 Å². The molecule has 0 aliphatic carbocycles. The second-order valence-corrected chi connectivity index (χ2v) is 6.13. The lowest BCUT2D eigenvalue weighted by Crippen LogP contribution is -2.36. The van der Waals surface area contributed by atoms with E-state index in [1.807, 2.05) is 4.90 Å². The molecule has 2 aromatic carbocycles. The van der Waals surface area contributed by atoms with Crippen molar-refractivity contribution in [1.82, 2.24) is 5.43 Å². The molecule has 0 unspecified atom stereocenters. The van der Waals surface area contributed by atoms with Gasteiger partial charge in [-0.2, -0.15) is 5.10 Å². The molecule has 0 aromatic heterocycles. The van der Waals surface area contributed by atoms with E-state index in [4.69, 9.17) is 9.47 Å². The fourth-order valence-corrected chi connectivity index (χ4v) is 2.80. The van der Waals surface area contributed by atoms with E-state index in [9.17, 15) is 9.18 Å². The molecule has 1 fully saturated rings. The van der Waals surface area contributed by atoms with Crippen molar-refractivity contribution >= 4 is 17.3 Å². The summed E-state index contributed by atoms with van der Waals surface area (Å²) in [4.78, 5) is 14.1. The topological polar surface area (TPSA) is 63.2 Å². The van der Waals surface area contributed by atoms with Gasteiger partial charge in [0.1, 0.15) is 11.6 Å². The number of ether oxygens (including phenoxy) is 2. The van der Waals surface area contributed by atoms with Crippen LogP contribution < -0.4 is 15.1 Å². The number of anilines is 1. The highest BCUT2D eigenvalue weighted by molar-refractivity contribution is 6.01. The average Bonchev–Trinajstić information content (AvgIpc) is 2.72. The van der Waals surface area contributed by atoms with Gasteiger partial charge in [0, 0.05) is 24.2 Å². The molecule has 1 heterocycles. The summed E-state index contributed by atoms with van der Waals surface area (Å²) in [6.45, 7) is 4.25. The van der Waals surface area contributed by atoms with Gasteiger partial charge in [0.25, 0.3) is 5.91 Å². The van der Waals surface area contributed by atoms with Crippen molar-refractivity contribution in [2.75, 3.05) is 38.3 Å². The number of carbonyl (C=O) groups excluding carboxylic acids is 1. The van der Waals surface area contributed by atoms with E-state index < -0.39 is 0 Å². The summed E-state index contributed by atoms with van der Waals surface area (Å²) >= 11 is 0. The number of amides is 1. The van der Waals surface area contributed by atoms with Crippen LogP contribution in [0.4, 0.5) is 10.1 Å². The quantitative estimate of drug-likeness (QED) is 0.649. The molecule has 0 atom stereocenters. The predicted molar refractivity (Wildman–Crippen MR) is 102 cm³/mol. The summed E-state index contributed by atoms with van der Waals surface area (Å²) in [6, 6.07) is 11.7. The monoisotopic (exact) mass is 371 g/mol. The lowest BCUT2D eigenvalue weighted by Gasteiger charge is -2.29. The Balaban J connectivity index is 1.67. The van der Waals surface area contributed by atoms with Crippen LogP contribution in [0.1, 0.15) is 22.8 Å². The molecule has 3 rings (SSSR count). The molecular weight excluding hydrogens is 349 g/mol. The van der Waals surface area contributed by atoms with Gasteiger partial charge in [-0.25, -0.2) is 9.82 Å². The Morgan fingerprint density at radius 3 is 2.44 bits per heavy atom. The van der Waals surface area contributed by atoms with E-state index in [1.54, 1.807) is 50.4 Å². The smallest absolute Gasteiger partial charge is 0.271 e. The van der Waals surface area contributed by atoms with Gasteiger partial charge in [-0.3, -0.25) is 4.79 Å². The Kier molecular flexibility index (Phi) is 6.03. The van der Waals surface area contributed by atoms with Crippen LogP contribution in [0.25, 0.3) is 0 Å². The van der Waals surface area contributed by atoms with E-state index in [-0.39, 0.29) is 11.7 Å². The zero-order chi connectivity index (χ0) is 19.2. The molecule has 7 heteroatoms. The molecule has 2 aromatic rings. The van der Waals surface area contributed by atoms with Crippen LogP contribution in [0, 0.1) is 5.82 Å². The van der Waals surface area contributed by atoms with Crippen LogP contribution in [-0.4, -0.2) is 45.0 Å². The van der Waals surface area contributed by atoms with Crippen LogP contribution in [0.15, 0.2) is 47.6 Å². The van der Waals surface area contributed by atoms with E-state index in [0.717, 1.165) is 0 Å². The molecule has 6 nitrogen and oxygen atoms in total. The van der Waals surface area contributed by atoms with Gasteiger partial charge in [-0.1, -0.05) is 6.07 Å². The number of benzene rings is 2. The van der Waals surface area contributed by atoms with Crippen molar-refractivity contribution in [2.24, 2.45) is 5.10 Å². The number of hydrogen-bond donors (Lipinski definition) is 1. The molecule has 27 heavy (non-hydrogen) atoms.